The van der Waals surface area contributed by atoms with E-state index in [0.717, 1.165) is 30.2 Å². The van der Waals surface area contributed by atoms with Crippen molar-refractivity contribution in [2.75, 3.05) is 27.3 Å². The molecule has 0 aliphatic carbocycles. The van der Waals surface area contributed by atoms with Crippen molar-refractivity contribution in [1.29, 1.82) is 0 Å². The molecule has 2 atom stereocenters. The summed E-state index contributed by atoms with van der Waals surface area (Å²) in [5.41, 5.74) is 4.76. The van der Waals surface area contributed by atoms with Gasteiger partial charge in [0, 0.05) is 45.8 Å². The Balaban J connectivity index is 0.000000175. The van der Waals surface area contributed by atoms with E-state index >= 15 is 0 Å². The first-order valence-corrected chi connectivity index (χ1v) is 17.1. The van der Waals surface area contributed by atoms with Crippen LogP contribution in [0.4, 0.5) is 0 Å². The van der Waals surface area contributed by atoms with Gasteiger partial charge in [-0.05, 0) is 79.4 Å². The summed E-state index contributed by atoms with van der Waals surface area (Å²) < 4.78 is 13.2. The molecule has 4 aromatic rings. The molecule has 2 amide bonds. The molecule has 2 aliphatic rings. The molecular weight excluding hydrogens is 724 g/mol. The molecule has 2 aliphatic heterocycles. The number of benzene rings is 2. The third-order valence-electron chi connectivity index (χ3n) is 7.85. The van der Waals surface area contributed by atoms with E-state index in [9.17, 15) is 9.59 Å². The fraction of sp³-hybridized carbons (Fsp3) is 0.235. The highest BCUT2D eigenvalue weighted by Crippen LogP contribution is 2.44. The van der Waals surface area contributed by atoms with E-state index in [1.807, 2.05) is 46.2 Å². The van der Waals surface area contributed by atoms with Crippen LogP contribution in [0.5, 0.6) is 11.5 Å². The van der Waals surface area contributed by atoms with Crippen molar-refractivity contribution in [1.82, 2.24) is 9.80 Å². The summed E-state index contributed by atoms with van der Waals surface area (Å²) in [5.74, 6) is 1.88. The van der Waals surface area contributed by atoms with Gasteiger partial charge in [-0.2, -0.15) is 0 Å². The molecule has 2 aromatic heterocycles. The maximum atomic E-state index is 12.1. The van der Waals surface area contributed by atoms with Crippen LogP contribution < -0.4 is 9.47 Å². The minimum absolute atomic E-state index is 0.0323. The number of fused-ring (bicyclic) bond motifs is 2. The number of carbonyl (C=O) groups excluding carboxylic acids is 2. The molecule has 0 fully saturated rings. The predicted molar refractivity (Wildman–Crippen MR) is 185 cm³/mol. The lowest BCUT2D eigenvalue weighted by molar-refractivity contribution is -0.127. The van der Waals surface area contributed by atoms with Crippen molar-refractivity contribution < 1.29 is 19.1 Å². The highest BCUT2D eigenvalue weighted by atomic mass is 79.9. The first-order chi connectivity index (χ1) is 21.3. The van der Waals surface area contributed by atoms with E-state index in [1.54, 1.807) is 36.9 Å². The Morgan fingerprint density at radius 1 is 0.727 bits per heavy atom. The SMILES string of the molecule is C=CC(=O)N1Cc2sc(Br)cc2[C@@H](c2ccccc2OC)C1.C=CC(=O)N1Cc2sc(Br)cc2[C@H](c2ccccc2OC)C1. The summed E-state index contributed by atoms with van der Waals surface area (Å²) in [6, 6.07) is 20.3. The lowest BCUT2D eigenvalue weighted by atomic mass is 9.88. The minimum Gasteiger partial charge on any atom is -0.496 e. The Morgan fingerprint density at radius 2 is 1.11 bits per heavy atom. The number of para-hydroxylation sites is 2. The fourth-order valence-electron chi connectivity index (χ4n) is 5.80. The largest absolute Gasteiger partial charge is 0.496 e. The van der Waals surface area contributed by atoms with Crippen LogP contribution in [-0.2, 0) is 22.7 Å². The average Bonchev–Trinajstić information content (AvgIpc) is 3.63. The quantitative estimate of drug-likeness (QED) is 0.186. The van der Waals surface area contributed by atoms with E-state index in [1.165, 1.54) is 33.0 Å². The zero-order valence-electron chi connectivity index (χ0n) is 24.4. The second-order valence-corrected chi connectivity index (χ2v) is 15.3. The first-order valence-electron chi connectivity index (χ1n) is 13.9. The molecule has 0 bridgehead atoms. The minimum atomic E-state index is -0.0323. The molecule has 10 heteroatoms. The van der Waals surface area contributed by atoms with Crippen LogP contribution in [0.15, 0.2) is 93.5 Å². The second kappa shape index (κ2) is 14.3. The number of thiophene rings is 2. The van der Waals surface area contributed by atoms with E-state index in [0.29, 0.717) is 26.2 Å². The Kier molecular flexibility index (Phi) is 10.5. The molecule has 6 rings (SSSR count). The average molecular weight is 757 g/mol. The van der Waals surface area contributed by atoms with Gasteiger partial charge in [-0.25, -0.2) is 0 Å². The van der Waals surface area contributed by atoms with Crippen LogP contribution in [0.3, 0.4) is 0 Å². The van der Waals surface area contributed by atoms with Gasteiger partial charge in [0.15, 0.2) is 0 Å². The van der Waals surface area contributed by atoms with E-state index < -0.39 is 0 Å². The molecule has 0 saturated heterocycles. The number of ether oxygens (including phenoxy) is 2. The highest BCUT2D eigenvalue weighted by molar-refractivity contribution is 9.11. The second-order valence-electron chi connectivity index (χ2n) is 10.3. The number of halogens is 2. The number of hydrogen-bond donors (Lipinski definition) is 0. The van der Waals surface area contributed by atoms with Gasteiger partial charge < -0.3 is 19.3 Å². The van der Waals surface area contributed by atoms with Crippen LogP contribution in [0.25, 0.3) is 0 Å². The molecule has 2 aromatic carbocycles. The molecule has 6 nitrogen and oxygen atoms in total. The Morgan fingerprint density at radius 3 is 1.48 bits per heavy atom. The van der Waals surface area contributed by atoms with Gasteiger partial charge in [-0.1, -0.05) is 49.6 Å². The van der Waals surface area contributed by atoms with Gasteiger partial charge in [0.25, 0.3) is 0 Å². The molecule has 0 unspecified atom stereocenters. The smallest absolute Gasteiger partial charge is 0.246 e. The van der Waals surface area contributed by atoms with Gasteiger partial charge in [-0.3, -0.25) is 9.59 Å². The zero-order valence-corrected chi connectivity index (χ0v) is 29.2. The lowest BCUT2D eigenvalue weighted by Crippen LogP contribution is -2.37. The molecule has 0 radical (unpaired) electrons. The van der Waals surface area contributed by atoms with Gasteiger partial charge in [0.2, 0.25) is 11.8 Å². The molecular formula is C34H32Br2N2O4S2. The summed E-state index contributed by atoms with van der Waals surface area (Å²) in [5, 5.41) is 0. The summed E-state index contributed by atoms with van der Waals surface area (Å²) in [4.78, 5) is 30.3. The Labute approximate surface area is 282 Å². The summed E-state index contributed by atoms with van der Waals surface area (Å²) >= 11 is 10.5. The molecule has 0 saturated carbocycles. The number of hydrogen-bond acceptors (Lipinski definition) is 6. The van der Waals surface area contributed by atoms with Crippen LogP contribution in [0.2, 0.25) is 0 Å². The van der Waals surface area contributed by atoms with Crippen LogP contribution in [0.1, 0.15) is 43.8 Å². The fourth-order valence-corrected chi connectivity index (χ4v) is 9.39. The van der Waals surface area contributed by atoms with Crippen LogP contribution >= 0.6 is 54.5 Å². The zero-order chi connectivity index (χ0) is 31.4. The molecule has 0 spiro atoms. The third kappa shape index (κ3) is 6.73. The van der Waals surface area contributed by atoms with Crippen molar-refractivity contribution in [2.45, 2.75) is 24.9 Å². The summed E-state index contributed by atoms with van der Waals surface area (Å²) in [6.45, 7) is 9.78. The Bertz CT molecular complexity index is 1570. The number of rotatable bonds is 6. The van der Waals surface area contributed by atoms with Crippen molar-refractivity contribution in [2.24, 2.45) is 0 Å². The van der Waals surface area contributed by atoms with Crippen LogP contribution in [0, 0.1) is 0 Å². The van der Waals surface area contributed by atoms with Crippen molar-refractivity contribution >= 4 is 66.3 Å². The number of amides is 2. The van der Waals surface area contributed by atoms with Crippen molar-refractivity contribution in [3.8, 4) is 11.5 Å². The Hall–Kier alpha value is -3.18. The van der Waals surface area contributed by atoms with Gasteiger partial charge in [-0.15, -0.1) is 22.7 Å². The maximum absolute atomic E-state index is 12.1. The van der Waals surface area contributed by atoms with Crippen molar-refractivity contribution in [3.63, 3.8) is 0 Å². The van der Waals surface area contributed by atoms with E-state index in [2.05, 4.69) is 69.3 Å². The number of carbonyl (C=O) groups is 2. The lowest BCUT2D eigenvalue weighted by Gasteiger charge is -2.33. The topological polar surface area (TPSA) is 59.1 Å². The van der Waals surface area contributed by atoms with Gasteiger partial charge in [0.1, 0.15) is 11.5 Å². The third-order valence-corrected chi connectivity index (χ3v) is 11.1. The monoisotopic (exact) mass is 754 g/mol. The van der Waals surface area contributed by atoms with E-state index in [4.69, 9.17) is 9.47 Å². The van der Waals surface area contributed by atoms with Gasteiger partial charge >= 0.3 is 0 Å². The number of nitrogens with zero attached hydrogens (tertiary/aromatic N) is 2. The molecule has 4 heterocycles. The predicted octanol–water partition coefficient (Wildman–Crippen LogP) is 8.36. The van der Waals surface area contributed by atoms with E-state index in [-0.39, 0.29) is 23.7 Å². The normalized spacial score (nSPS) is 17.0. The highest BCUT2D eigenvalue weighted by Gasteiger charge is 2.33. The first kappa shape index (κ1) is 32.2. The van der Waals surface area contributed by atoms with Crippen molar-refractivity contribution in [3.05, 3.63) is 126 Å². The molecule has 0 N–H and O–H groups in total. The standard InChI is InChI=1S/2C17H16BrNO2S/c2*1-3-17(20)19-9-13(11-6-4-5-7-14(11)21-2)12-8-16(18)22-15(12)10-19/h2*3-8,13H,1,9-10H2,2H3/t2*13-/m10/s1. The molecule has 228 valence electrons. The summed E-state index contributed by atoms with van der Waals surface area (Å²) in [6.07, 6.45) is 2.76. The van der Waals surface area contributed by atoms with Gasteiger partial charge in [0.05, 0.1) is 34.9 Å². The van der Waals surface area contributed by atoms with Crippen LogP contribution in [-0.4, -0.2) is 48.9 Å². The maximum Gasteiger partial charge on any atom is 0.246 e. The summed E-state index contributed by atoms with van der Waals surface area (Å²) in [7, 11) is 3.36. The molecule has 44 heavy (non-hydrogen) atoms. The number of methoxy groups -OCH3 is 2.